The first-order valence-electron chi connectivity index (χ1n) is 5.60. The van der Waals surface area contributed by atoms with E-state index in [0.29, 0.717) is 0 Å². The summed E-state index contributed by atoms with van der Waals surface area (Å²) in [7, 11) is 0. The van der Waals surface area contributed by atoms with Crippen LogP contribution in [-0.4, -0.2) is 28.9 Å². The molecule has 0 aliphatic heterocycles. The van der Waals surface area contributed by atoms with Gasteiger partial charge in [0.1, 0.15) is 5.56 Å². The van der Waals surface area contributed by atoms with Crippen molar-refractivity contribution < 1.29 is 28.7 Å². The zero-order valence-electron chi connectivity index (χ0n) is 9.88. The fraction of sp³-hybridized carbons (Fsp3) is 0. The Morgan fingerprint density at radius 1 is 1.10 bits per heavy atom. The summed E-state index contributed by atoms with van der Waals surface area (Å²) >= 11 is 0. The Morgan fingerprint density at radius 3 is 2.25 bits per heavy atom. The average Bonchev–Trinajstić information content (AvgIpc) is 2.85. The van der Waals surface area contributed by atoms with Crippen molar-refractivity contribution >= 4 is 23.8 Å². The third-order valence-electron chi connectivity index (χ3n) is 3.11. The minimum absolute atomic E-state index is 0.103. The van der Waals surface area contributed by atoms with Gasteiger partial charge in [0.25, 0.3) is 0 Å². The normalized spacial score (nSPS) is 12.8. The molecule has 1 aromatic carbocycles. The van der Waals surface area contributed by atoms with Gasteiger partial charge in [-0.15, -0.1) is 0 Å². The van der Waals surface area contributed by atoms with Gasteiger partial charge in [0, 0.05) is 11.1 Å². The molecule has 0 saturated heterocycles. The van der Waals surface area contributed by atoms with E-state index in [9.17, 15) is 19.2 Å². The summed E-state index contributed by atoms with van der Waals surface area (Å²) < 4.78 is 4.97. The quantitative estimate of drug-likeness (QED) is 0.709. The molecule has 1 heterocycles. The van der Waals surface area contributed by atoms with Crippen LogP contribution < -0.4 is 0 Å². The van der Waals surface area contributed by atoms with Crippen LogP contribution in [0.4, 0.5) is 0 Å². The van der Waals surface area contributed by atoms with Crippen molar-refractivity contribution in [2.24, 2.45) is 0 Å². The molecule has 1 N–H and O–H groups in total. The van der Waals surface area contributed by atoms with Gasteiger partial charge in [-0.3, -0.25) is 14.4 Å². The summed E-state index contributed by atoms with van der Waals surface area (Å²) in [6.07, 6.45) is 0.174. The zero-order chi connectivity index (χ0) is 14.4. The number of ketones is 2. The smallest absolute Gasteiger partial charge is 0.340 e. The number of benzene rings is 1. The third kappa shape index (κ3) is 1.38. The molecule has 0 bridgehead atoms. The molecule has 6 heteroatoms. The Labute approximate surface area is 111 Å². The second-order valence-corrected chi connectivity index (χ2v) is 4.17. The first-order chi connectivity index (χ1) is 9.56. The van der Waals surface area contributed by atoms with Crippen molar-refractivity contribution in [2.45, 2.75) is 0 Å². The number of hydrogen-bond donors (Lipinski definition) is 1. The molecule has 0 radical (unpaired) electrons. The van der Waals surface area contributed by atoms with Crippen LogP contribution in [0.1, 0.15) is 53.0 Å². The van der Waals surface area contributed by atoms with Crippen molar-refractivity contribution in [3.8, 4) is 0 Å². The first kappa shape index (κ1) is 12.0. The van der Waals surface area contributed by atoms with E-state index >= 15 is 0 Å². The maximum atomic E-state index is 12.3. The van der Waals surface area contributed by atoms with E-state index < -0.39 is 34.6 Å². The minimum atomic E-state index is -1.49. The summed E-state index contributed by atoms with van der Waals surface area (Å²) in [5, 5.41) is 9.11. The van der Waals surface area contributed by atoms with Crippen molar-refractivity contribution in [3.05, 3.63) is 58.0 Å². The Kier molecular flexibility index (Phi) is 2.40. The molecule has 0 amide bonds. The van der Waals surface area contributed by atoms with Crippen LogP contribution >= 0.6 is 0 Å². The zero-order valence-corrected chi connectivity index (χ0v) is 9.88. The predicted octanol–water partition coefficient (Wildman–Crippen LogP) is 1.57. The van der Waals surface area contributed by atoms with Gasteiger partial charge in [-0.25, -0.2) is 4.79 Å². The van der Waals surface area contributed by atoms with E-state index in [4.69, 9.17) is 9.52 Å². The van der Waals surface area contributed by atoms with Gasteiger partial charge < -0.3 is 9.52 Å². The SMILES string of the molecule is O=Cc1oc2c(c1C(=O)O)C(=O)c1ccccc1C2=O. The van der Waals surface area contributed by atoms with Crippen LogP contribution in [-0.2, 0) is 0 Å². The van der Waals surface area contributed by atoms with Crippen molar-refractivity contribution in [1.29, 1.82) is 0 Å². The Morgan fingerprint density at radius 2 is 1.70 bits per heavy atom. The Hall–Kier alpha value is -3.02. The molecular weight excluding hydrogens is 264 g/mol. The minimum Gasteiger partial charge on any atom is -0.478 e. The largest absolute Gasteiger partial charge is 0.478 e. The lowest BCUT2D eigenvalue weighted by Gasteiger charge is -2.12. The summed E-state index contributed by atoms with van der Waals surface area (Å²) in [6.45, 7) is 0. The number of furan rings is 1. The molecule has 0 atom stereocenters. The fourth-order valence-corrected chi connectivity index (χ4v) is 2.26. The monoisotopic (exact) mass is 270 g/mol. The topological polar surface area (TPSA) is 102 Å². The highest BCUT2D eigenvalue weighted by molar-refractivity contribution is 6.30. The van der Waals surface area contributed by atoms with Crippen LogP contribution in [0.5, 0.6) is 0 Å². The molecule has 0 saturated carbocycles. The number of rotatable bonds is 2. The average molecular weight is 270 g/mol. The molecule has 0 fully saturated rings. The maximum Gasteiger partial charge on any atom is 0.340 e. The molecule has 3 rings (SSSR count). The van der Waals surface area contributed by atoms with E-state index in [1.807, 2.05) is 0 Å². The molecule has 1 aliphatic rings. The predicted molar refractivity (Wildman–Crippen MR) is 64.4 cm³/mol. The number of carbonyl (C=O) groups excluding carboxylic acids is 3. The number of carbonyl (C=O) groups is 4. The standard InChI is InChI=1S/C14H6O6/c15-5-8-9(14(18)19)10-11(16)6-3-1-2-4-7(6)12(17)13(10)20-8/h1-5H,(H,18,19). The van der Waals surface area contributed by atoms with Crippen molar-refractivity contribution in [2.75, 3.05) is 0 Å². The Balaban J connectivity index is 2.38. The van der Waals surface area contributed by atoms with Crippen LogP contribution in [0.3, 0.4) is 0 Å². The van der Waals surface area contributed by atoms with Gasteiger partial charge in [0.05, 0.1) is 5.56 Å². The van der Waals surface area contributed by atoms with Gasteiger partial charge >= 0.3 is 5.97 Å². The molecule has 6 nitrogen and oxygen atoms in total. The van der Waals surface area contributed by atoms with E-state index in [1.54, 1.807) is 12.1 Å². The van der Waals surface area contributed by atoms with Crippen molar-refractivity contribution in [1.82, 2.24) is 0 Å². The highest BCUT2D eigenvalue weighted by Gasteiger charge is 2.39. The van der Waals surface area contributed by atoms with Gasteiger partial charge in [0.15, 0.2) is 23.6 Å². The van der Waals surface area contributed by atoms with Crippen molar-refractivity contribution in [3.63, 3.8) is 0 Å². The van der Waals surface area contributed by atoms with Gasteiger partial charge in [-0.2, -0.15) is 0 Å². The van der Waals surface area contributed by atoms with Gasteiger partial charge in [0.2, 0.25) is 5.78 Å². The summed E-state index contributed by atoms with van der Waals surface area (Å²) in [6, 6.07) is 6.02. The molecule has 1 aromatic heterocycles. The lowest BCUT2D eigenvalue weighted by atomic mass is 9.86. The van der Waals surface area contributed by atoms with E-state index in [2.05, 4.69) is 0 Å². The van der Waals surface area contributed by atoms with E-state index in [-0.39, 0.29) is 23.0 Å². The van der Waals surface area contributed by atoms with E-state index in [0.717, 1.165) is 0 Å². The van der Waals surface area contributed by atoms with E-state index in [1.165, 1.54) is 12.1 Å². The molecule has 98 valence electrons. The number of fused-ring (bicyclic) bond motifs is 2. The van der Waals surface area contributed by atoms with Gasteiger partial charge in [-0.1, -0.05) is 24.3 Å². The number of aromatic carboxylic acids is 1. The summed E-state index contributed by atoms with van der Waals surface area (Å²) in [5.41, 5.74) is -0.690. The second-order valence-electron chi connectivity index (χ2n) is 4.17. The highest BCUT2D eigenvalue weighted by atomic mass is 16.4. The number of carboxylic acid groups (broad SMARTS) is 1. The van der Waals surface area contributed by atoms with Crippen LogP contribution in [0, 0.1) is 0 Å². The molecule has 2 aromatic rings. The summed E-state index contributed by atoms with van der Waals surface area (Å²) in [5.74, 6) is -3.65. The number of carboxylic acids is 1. The fourth-order valence-electron chi connectivity index (χ4n) is 2.26. The van der Waals surface area contributed by atoms with Gasteiger partial charge in [-0.05, 0) is 0 Å². The second kappa shape index (κ2) is 3.99. The third-order valence-corrected chi connectivity index (χ3v) is 3.11. The van der Waals surface area contributed by atoms with Crippen LogP contribution in [0.25, 0.3) is 0 Å². The number of hydrogen-bond acceptors (Lipinski definition) is 5. The molecule has 0 unspecified atom stereocenters. The first-order valence-corrected chi connectivity index (χ1v) is 5.60. The van der Waals surface area contributed by atoms with Crippen LogP contribution in [0.2, 0.25) is 0 Å². The lowest BCUT2D eigenvalue weighted by Crippen LogP contribution is -2.21. The van der Waals surface area contributed by atoms with Crippen LogP contribution in [0.15, 0.2) is 28.7 Å². The molecule has 0 spiro atoms. The lowest BCUT2D eigenvalue weighted by molar-refractivity contribution is 0.0688. The maximum absolute atomic E-state index is 12.3. The number of aldehydes is 1. The summed E-state index contributed by atoms with van der Waals surface area (Å²) in [4.78, 5) is 46.6. The molecule has 1 aliphatic carbocycles. The highest BCUT2D eigenvalue weighted by Crippen LogP contribution is 2.32. The Bertz CT molecular complexity index is 796. The molecular formula is C14H6O6. The molecule has 20 heavy (non-hydrogen) atoms.